The molecule has 130 valence electrons. The lowest BCUT2D eigenvalue weighted by atomic mass is 10.1. The predicted molar refractivity (Wildman–Crippen MR) is 96.5 cm³/mol. The number of amides is 1. The minimum Gasteiger partial charge on any atom is -0.370 e. The van der Waals surface area contributed by atoms with Gasteiger partial charge in [-0.15, -0.1) is 12.4 Å². The van der Waals surface area contributed by atoms with E-state index in [-0.39, 0.29) is 24.4 Å². The van der Waals surface area contributed by atoms with Gasteiger partial charge >= 0.3 is 0 Å². The molecule has 2 rings (SSSR count). The number of halogens is 3. The summed E-state index contributed by atoms with van der Waals surface area (Å²) in [6, 6.07) is 5.47. The van der Waals surface area contributed by atoms with Gasteiger partial charge in [-0.25, -0.2) is 0 Å². The minimum atomic E-state index is -0.142. The lowest BCUT2D eigenvalue weighted by Gasteiger charge is -2.33. The Labute approximate surface area is 153 Å². The quantitative estimate of drug-likeness (QED) is 0.762. The Kier molecular flexibility index (Phi) is 9.25. The maximum absolute atomic E-state index is 12.3. The number of hydrogen-bond donors (Lipinski definition) is 1. The van der Waals surface area contributed by atoms with Gasteiger partial charge in [-0.2, -0.15) is 0 Å². The van der Waals surface area contributed by atoms with E-state index in [1.165, 1.54) is 0 Å². The van der Waals surface area contributed by atoms with Crippen molar-refractivity contribution < 1.29 is 9.53 Å². The molecule has 0 saturated carbocycles. The van der Waals surface area contributed by atoms with Crippen molar-refractivity contribution in [2.45, 2.75) is 31.8 Å². The van der Waals surface area contributed by atoms with Crippen molar-refractivity contribution in [3.63, 3.8) is 0 Å². The fourth-order valence-electron chi connectivity index (χ4n) is 2.55. The molecule has 0 aliphatic carbocycles. The van der Waals surface area contributed by atoms with E-state index in [4.69, 9.17) is 33.7 Å². The molecule has 0 bridgehead atoms. The van der Waals surface area contributed by atoms with Crippen molar-refractivity contribution in [3.8, 4) is 0 Å². The third kappa shape index (κ3) is 6.12. The number of carbonyl (C=O) groups is 1. The molecule has 0 aromatic heterocycles. The van der Waals surface area contributed by atoms with Crippen molar-refractivity contribution in [2.24, 2.45) is 5.73 Å². The number of hydrogen-bond acceptors (Lipinski definition) is 3. The van der Waals surface area contributed by atoms with E-state index in [9.17, 15) is 4.79 Å². The minimum absolute atomic E-state index is 0. The van der Waals surface area contributed by atoms with Crippen LogP contribution in [0, 0.1) is 0 Å². The summed E-state index contributed by atoms with van der Waals surface area (Å²) in [6.45, 7) is 2.44. The van der Waals surface area contributed by atoms with Crippen LogP contribution in [0.3, 0.4) is 0 Å². The molecule has 1 atom stereocenters. The van der Waals surface area contributed by atoms with Crippen LogP contribution in [0.5, 0.6) is 0 Å². The van der Waals surface area contributed by atoms with Gasteiger partial charge in [-0.05, 0) is 37.1 Å². The fourth-order valence-corrected chi connectivity index (χ4v) is 2.85. The smallest absolute Gasteiger partial charge is 0.222 e. The number of nitrogens with zero attached hydrogens (tertiary/aromatic N) is 1. The first-order valence-electron chi connectivity index (χ1n) is 7.66. The highest BCUT2D eigenvalue weighted by Gasteiger charge is 2.25. The van der Waals surface area contributed by atoms with Crippen LogP contribution in [0.15, 0.2) is 18.2 Å². The summed E-state index contributed by atoms with van der Waals surface area (Å²) in [4.78, 5) is 14.1. The van der Waals surface area contributed by atoms with Crippen LogP contribution in [-0.2, 0) is 9.53 Å². The largest absolute Gasteiger partial charge is 0.370 e. The molecule has 7 heteroatoms. The molecule has 23 heavy (non-hydrogen) atoms. The van der Waals surface area contributed by atoms with Gasteiger partial charge in [0.05, 0.1) is 23.2 Å². The average Bonchev–Trinajstić information content (AvgIpc) is 2.54. The molecule has 1 saturated heterocycles. The number of nitrogens with two attached hydrogens (primary N) is 1. The Morgan fingerprint density at radius 3 is 2.74 bits per heavy atom. The lowest BCUT2D eigenvalue weighted by Crippen LogP contribution is -2.42. The second-order valence-corrected chi connectivity index (χ2v) is 6.29. The lowest BCUT2D eigenvalue weighted by molar-refractivity contribution is -0.139. The Morgan fingerprint density at radius 2 is 2.04 bits per heavy atom. The maximum atomic E-state index is 12.3. The molecule has 1 fully saturated rings. The second-order valence-electron chi connectivity index (χ2n) is 5.47. The monoisotopic (exact) mass is 380 g/mol. The van der Waals surface area contributed by atoms with Crippen LogP contribution in [0.25, 0.3) is 0 Å². The van der Waals surface area contributed by atoms with E-state index in [0.29, 0.717) is 42.7 Å². The molecular weight excluding hydrogens is 359 g/mol. The second kappa shape index (κ2) is 10.4. The van der Waals surface area contributed by atoms with Gasteiger partial charge in [0.15, 0.2) is 0 Å². The summed E-state index contributed by atoms with van der Waals surface area (Å²) in [5, 5.41) is 1.03. The van der Waals surface area contributed by atoms with Crippen molar-refractivity contribution >= 4 is 41.5 Å². The molecule has 1 aliphatic heterocycles. The van der Waals surface area contributed by atoms with Crippen LogP contribution in [0.1, 0.15) is 37.4 Å². The molecule has 1 heterocycles. The van der Waals surface area contributed by atoms with Crippen LogP contribution in [-0.4, -0.2) is 37.0 Å². The Morgan fingerprint density at radius 1 is 1.26 bits per heavy atom. The van der Waals surface area contributed by atoms with Crippen LogP contribution >= 0.6 is 35.6 Å². The van der Waals surface area contributed by atoms with Gasteiger partial charge < -0.3 is 15.4 Å². The highest BCUT2D eigenvalue weighted by Crippen LogP contribution is 2.29. The Hall–Kier alpha value is -0.520. The number of unbranched alkanes of at least 4 members (excludes halogenated alkanes) is 2. The van der Waals surface area contributed by atoms with Crippen molar-refractivity contribution in [2.75, 3.05) is 26.2 Å². The first kappa shape index (κ1) is 20.5. The summed E-state index contributed by atoms with van der Waals surface area (Å²) in [5.74, 6) is 0.186. The van der Waals surface area contributed by atoms with Gasteiger partial charge in [0, 0.05) is 13.0 Å². The SMILES string of the molecule is Cl.NCCCCCC(=O)N1CCOC(c2ccc(Cl)c(Cl)c2)C1. The van der Waals surface area contributed by atoms with Gasteiger partial charge in [0.1, 0.15) is 6.10 Å². The van der Waals surface area contributed by atoms with Crippen molar-refractivity contribution in [3.05, 3.63) is 33.8 Å². The molecule has 1 aromatic carbocycles. The molecule has 1 unspecified atom stereocenters. The van der Waals surface area contributed by atoms with Gasteiger partial charge in [-0.1, -0.05) is 35.7 Å². The topological polar surface area (TPSA) is 55.6 Å². The summed E-state index contributed by atoms with van der Waals surface area (Å²) in [7, 11) is 0. The Bertz CT molecular complexity index is 514. The molecule has 4 nitrogen and oxygen atoms in total. The standard InChI is InChI=1S/C16H22Cl2N2O2.ClH/c17-13-6-5-12(10-14(13)18)15-11-20(8-9-22-15)16(21)4-2-1-3-7-19;/h5-6,10,15H,1-4,7-9,11,19H2;1H. The van der Waals surface area contributed by atoms with E-state index >= 15 is 0 Å². The molecule has 0 spiro atoms. The van der Waals surface area contributed by atoms with E-state index < -0.39 is 0 Å². The van der Waals surface area contributed by atoms with Gasteiger partial charge in [-0.3, -0.25) is 4.79 Å². The van der Waals surface area contributed by atoms with Crippen LogP contribution < -0.4 is 5.73 Å². The maximum Gasteiger partial charge on any atom is 0.222 e. The number of morpholine rings is 1. The van der Waals surface area contributed by atoms with Crippen molar-refractivity contribution in [1.29, 1.82) is 0 Å². The average molecular weight is 382 g/mol. The zero-order valence-electron chi connectivity index (χ0n) is 13.0. The van der Waals surface area contributed by atoms with Gasteiger partial charge in [0.25, 0.3) is 0 Å². The number of benzene rings is 1. The first-order valence-corrected chi connectivity index (χ1v) is 8.42. The van der Waals surface area contributed by atoms with Gasteiger partial charge in [0.2, 0.25) is 5.91 Å². The summed E-state index contributed by atoms with van der Waals surface area (Å²) < 4.78 is 5.77. The highest BCUT2D eigenvalue weighted by molar-refractivity contribution is 6.42. The summed E-state index contributed by atoms with van der Waals surface area (Å²) in [5.41, 5.74) is 6.42. The predicted octanol–water partition coefficient (Wildman–Crippen LogP) is 3.83. The molecule has 1 aromatic rings. The molecular formula is C16H23Cl3N2O2. The highest BCUT2D eigenvalue weighted by atomic mass is 35.5. The zero-order valence-corrected chi connectivity index (χ0v) is 15.3. The normalized spacial score (nSPS) is 17.7. The third-order valence-corrected chi connectivity index (χ3v) is 4.57. The molecule has 1 aliphatic rings. The molecule has 1 amide bonds. The van der Waals surface area contributed by atoms with E-state index in [0.717, 1.165) is 24.8 Å². The van der Waals surface area contributed by atoms with E-state index in [2.05, 4.69) is 0 Å². The first-order chi connectivity index (χ1) is 10.6. The molecule has 2 N–H and O–H groups in total. The summed E-state index contributed by atoms with van der Waals surface area (Å²) in [6.07, 6.45) is 3.31. The number of carbonyl (C=O) groups excluding carboxylic acids is 1. The molecule has 0 radical (unpaired) electrons. The van der Waals surface area contributed by atoms with E-state index in [1.54, 1.807) is 6.07 Å². The van der Waals surface area contributed by atoms with E-state index in [1.807, 2.05) is 17.0 Å². The fraction of sp³-hybridized carbons (Fsp3) is 0.562. The van der Waals surface area contributed by atoms with Crippen molar-refractivity contribution in [1.82, 2.24) is 4.90 Å². The zero-order chi connectivity index (χ0) is 15.9. The Balaban J connectivity index is 0.00000264. The number of ether oxygens (including phenoxy) is 1. The summed E-state index contributed by atoms with van der Waals surface area (Å²) >= 11 is 12.0. The third-order valence-electron chi connectivity index (χ3n) is 3.83. The number of rotatable bonds is 6. The van der Waals surface area contributed by atoms with Crippen LogP contribution in [0.2, 0.25) is 10.0 Å². The van der Waals surface area contributed by atoms with Crippen LogP contribution in [0.4, 0.5) is 0 Å².